The number of rotatable bonds is 3. The first-order valence-electron chi connectivity index (χ1n) is 5.91. The van der Waals surface area contributed by atoms with Crippen LogP contribution in [0.2, 0.25) is 0 Å². The Balaban J connectivity index is 2.24. The van der Waals surface area contributed by atoms with Gasteiger partial charge in [-0.25, -0.2) is 4.79 Å². The number of aryl methyl sites for hydroxylation is 2. The molecule has 1 aliphatic rings. The lowest BCUT2D eigenvalue weighted by atomic mass is 9.92. The molecule has 1 aliphatic heterocycles. The summed E-state index contributed by atoms with van der Waals surface area (Å²) in [7, 11) is 0. The second kappa shape index (κ2) is 4.15. The molecule has 3 nitrogen and oxygen atoms in total. The van der Waals surface area contributed by atoms with Crippen molar-refractivity contribution >= 4 is 5.97 Å². The molecular weight excluding hydrogens is 216 g/mol. The first kappa shape index (κ1) is 12.1. The Morgan fingerprint density at radius 2 is 2.18 bits per heavy atom. The SMILES string of the molecule is CCOC(=O)C1OC1(C)c1cc(C)ccc1C. The number of hydrogen-bond acceptors (Lipinski definition) is 3. The predicted octanol–water partition coefficient (Wildman–Crippen LogP) is 2.48. The van der Waals surface area contributed by atoms with Crippen LogP contribution in [0.25, 0.3) is 0 Å². The Morgan fingerprint density at radius 1 is 1.47 bits per heavy atom. The standard InChI is InChI=1S/C14H18O3/c1-5-16-13(15)12-14(4,17-12)11-8-9(2)6-7-10(11)3/h6-8,12H,5H2,1-4H3. The van der Waals surface area contributed by atoms with Crippen molar-refractivity contribution in [3.63, 3.8) is 0 Å². The normalized spacial score (nSPS) is 26.7. The number of ether oxygens (including phenoxy) is 2. The van der Waals surface area contributed by atoms with Gasteiger partial charge in [0, 0.05) is 0 Å². The van der Waals surface area contributed by atoms with Crippen molar-refractivity contribution in [2.24, 2.45) is 0 Å². The molecule has 0 N–H and O–H groups in total. The highest BCUT2D eigenvalue weighted by Crippen LogP contribution is 2.47. The van der Waals surface area contributed by atoms with Crippen LogP contribution in [0.3, 0.4) is 0 Å². The lowest BCUT2D eigenvalue weighted by Gasteiger charge is -2.11. The average molecular weight is 234 g/mol. The van der Waals surface area contributed by atoms with E-state index in [4.69, 9.17) is 9.47 Å². The van der Waals surface area contributed by atoms with Gasteiger partial charge in [0.05, 0.1) is 6.61 Å². The topological polar surface area (TPSA) is 38.8 Å². The smallest absolute Gasteiger partial charge is 0.338 e. The van der Waals surface area contributed by atoms with E-state index in [1.54, 1.807) is 6.92 Å². The first-order chi connectivity index (χ1) is 7.99. The molecule has 0 bridgehead atoms. The quantitative estimate of drug-likeness (QED) is 0.595. The van der Waals surface area contributed by atoms with Crippen LogP contribution in [0.5, 0.6) is 0 Å². The number of carbonyl (C=O) groups excluding carboxylic acids is 1. The minimum Gasteiger partial charge on any atom is -0.464 e. The fourth-order valence-electron chi connectivity index (χ4n) is 2.18. The summed E-state index contributed by atoms with van der Waals surface area (Å²) in [6.45, 7) is 8.20. The van der Waals surface area contributed by atoms with E-state index in [1.807, 2.05) is 20.8 Å². The Morgan fingerprint density at radius 3 is 2.82 bits per heavy atom. The number of benzene rings is 1. The van der Waals surface area contributed by atoms with Gasteiger partial charge >= 0.3 is 5.97 Å². The molecule has 2 rings (SSSR count). The van der Waals surface area contributed by atoms with Gasteiger partial charge in [-0.15, -0.1) is 0 Å². The summed E-state index contributed by atoms with van der Waals surface area (Å²) in [5.74, 6) is -0.268. The third-order valence-electron chi connectivity index (χ3n) is 3.23. The zero-order chi connectivity index (χ0) is 12.6. The molecule has 1 fully saturated rings. The van der Waals surface area contributed by atoms with Crippen molar-refractivity contribution < 1.29 is 14.3 Å². The minimum atomic E-state index is -0.512. The van der Waals surface area contributed by atoms with Gasteiger partial charge in [0.15, 0.2) is 6.10 Å². The Bertz CT molecular complexity index is 453. The van der Waals surface area contributed by atoms with Crippen LogP contribution in [-0.4, -0.2) is 18.7 Å². The molecule has 0 amide bonds. The highest BCUT2D eigenvalue weighted by Gasteiger charge is 2.59. The van der Waals surface area contributed by atoms with Crippen molar-refractivity contribution in [2.45, 2.75) is 39.4 Å². The molecule has 1 aromatic carbocycles. The summed E-state index contributed by atoms with van der Waals surface area (Å²) in [4.78, 5) is 11.6. The van der Waals surface area contributed by atoms with Crippen molar-refractivity contribution in [3.05, 3.63) is 34.9 Å². The molecular formula is C14H18O3. The van der Waals surface area contributed by atoms with Gasteiger partial charge in [0.1, 0.15) is 5.60 Å². The number of esters is 1. The maximum absolute atomic E-state index is 11.6. The molecule has 0 aliphatic carbocycles. The second-order valence-electron chi connectivity index (χ2n) is 4.68. The van der Waals surface area contributed by atoms with Crippen LogP contribution in [-0.2, 0) is 19.9 Å². The van der Waals surface area contributed by atoms with Crippen molar-refractivity contribution in [3.8, 4) is 0 Å². The fraction of sp³-hybridized carbons (Fsp3) is 0.500. The van der Waals surface area contributed by atoms with Crippen molar-refractivity contribution in [1.82, 2.24) is 0 Å². The Hall–Kier alpha value is -1.35. The molecule has 0 radical (unpaired) electrons. The average Bonchev–Trinajstić information content (AvgIpc) is 2.96. The van der Waals surface area contributed by atoms with Crippen LogP contribution in [0, 0.1) is 13.8 Å². The number of hydrogen-bond donors (Lipinski definition) is 0. The molecule has 2 atom stereocenters. The monoisotopic (exact) mass is 234 g/mol. The van der Waals surface area contributed by atoms with Gasteiger partial charge in [-0.2, -0.15) is 0 Å². The maximum Gasteiger partial charge on any atom is 0.338 e. The van der Waals surface area contributed by atoms with E-state index in [2.05, 4.69) is 18.2 Å². The fourth-order valence-corrected chi connectivity index (χ4v) is 2.18. The summed E-state index contributed by atoms with van der Waals surface area (Å²) < 4.78 is 10.6. The summed E-state index contributed by atoms with van der Waals surface area (Å²) in [5, 5.41) is 0. The highest BCUT2D eigenvalue weighted by molar-refractivity contribution is 5.80. The summed E-state index contributed by atoms with van der Waals surface area (Å²) in [5.41, 5.74) is 2.88. The molecule has 17 heavy (non-hydrogen) atoms. The van der Waals surface area contributed by atoms with Crippen molar-refractivity contribution in [2.75, 3.05) is 6.61 Å². The third-order valence-corrected chi connectivity index (χ3v) is 3.23. The lowest BCUT2D eigenvalue weighted by Crippen LogP contribution is -2.19. The molecule has 92 valence electrons. The van der Waals surface area contributed by atoms with Gasteiger partial charge in [-0.3, -0.25) is 0 Å². The zero-order valence-corrected chi connectivity index (χ0v) is 10.7. The minimum absolute atomic E-state index is 0.268. The molecule has 0 saturated carbocycles. The summed E-state index contributed by atoms with van der Waals surface area (Å²) in [6, 6.07) is 6.19. The second-order valence-corrected chi connectivity index (χ2v) is 4.68. The van der Waals surface area contributed by atoms with E-state index in [9.17, 15) is 4.79 Å². The highest BCUT2D eigenvalue weighted by atomic mass is 16.7. The van der Waals surface area contributed by atoms with Gasteiger partial charge < -0.3 is 9.47 Å². The van der Waals surface area contributed by atoms with E-state index >= 15 is 0 Å². The van der Waals surface area contributed by atoms with E-state index < -0.39 is 11.7 Å². The lowest BCUT2D eigenvalue weighted by molar-refractivity contribution is -0.144. The summed E-state index contributed by atoms with van der Waals surface area (Å²) in [6.07, 6.45) is -0.456. The van der Waals surface area contributed by atoms with Crippen molar-refractivity contribution in [1.29, 1.82) is 0 Å². The maximum atomic E-state index is 11.6. The zero-order valence-electron chi connectivity index (χ0n) is 10.7. The molecule has 1 aromatic rings. The van der Waals surface area contributed by atoms with E-state index in [-0.39, 0.29) is 5.97 Å². The molecule has 0 aromatic heterocycles. The van der Waals surface area contributed by atoms with Crippen LogP contribution in [0.4, 0.5) is 0 Å². The molecule has 3 heteroatoms. The number of carbonyl (C=O) groups is 1. The van der Waals surface area contributed by atoms with Crippen LogP contribution < -0.4 is 0 Å². The van der Waals surface area contributed by atoms with Gasteiger partial charge in [0.25, 0.3) is 0 Å². The molecule has 1 saturated heterocycles. The number of epoxide rings is 1. The summed E-state index contributed by atoms with van der Waals surface area (Å²) >= 11 is 0. The van der Waals surface area contributed by atoms with E-state index in [0.717, 1.165) is 11.1 Å². The van der Waals surface area contributed by atoms with Gasteiger partial charge in [-0.1, -0.05) is 23.8 Å². The van der Waals surface area contributed by atoms with Gasteiger partial charge in [-0.05, 0) is 38.8 Å². The van der Waals surface area contributed by atoms with Gasteiger partial charge in [0.2, 0.25) is 0 Å². The molecule has 2 unspecified atom stereocenters. The third kappa shape index (κ3) is 2.07. The Kier molecular flexibility index (Phi) is 2.96. The molecule has 0 spiro atoms. The van der Waals surface area contributed by atoms with Crippen LogP contribution in [0.1, 0.15) is 30.5 Å². The Labute approximate surface area is 102 Å². The largest absolute Gasteiger partial charge is 0.464 e. The first-order valence-corrected chi connectivity index (χ1v) is 5.91. The van der Waals surface area contributed by atoms with Crippen LogP contribution >= 0.6 is 0 Å². The predicted molar refractivity (Wildman–Crippen MR) is 64.8 cm³/mol. The van der Waals surface area contributed by atoms with E-state index in [0.29, 0.717) is 6.61 Å². The van der Waals surface area contributed by atoms with E-state index in [1.165, 1.54) is 5.56 Å². The van der Waals surface area contributed by atoms with Crippen LogP contribution in [0.15, 0.2) is 18.2 Å². The molecule has 1 heterocycles.